The van der Waals surface area contributed by atoms with Gasteiger partial charge in [-0.1, -0.05) is 23.5 Å². The summed E-state index contributed by atoms with van der Waals surface area (Å²) in [6.45, 7) is 4.06. The fraction of sp³-hybridized carbons (Fsp3) is 0.0833. The first-order valence-electron chi connectivity index (χ1n) is 10.5. The van der Waals surface area contributed by atoms with Gasteiger partial charge in [0.25, 0.3) is 21.6 Å². The summed E-state index contributed by atoms with van der Waals surface area (Å²) < 4.78 is 35.3. The lowest BCUT2D eigenvalue weighted by Crippen LogP contribution is -2.16. The van der Waals surface area contributed by atoms with Crippen LogP contribution in [0.15, 0.2) is 89.3 Å². The SMILES string of the molecule is C=CCn1c(=NC(=O)c2cccc(NS(=O)(=O)c3ccc(OC)cc3)c2)sc2cc([N+](=O)[O-])ccc21. The number of amides is 1. The summed E-state index contributed by atoms with van der Waals surface area (Å²) in [5.41, 5.74) is 0.971. The highest BCUT2D eigenvalue weighted by molar-refractivity contribution is 7.92. The predicted octanol–water partition coefficient (Wildman–Crippen LogP) is 4.35. The van der Waals surface area contributed by atoms with Crippen LogP contribution in [0.25, 0.3) is 10.2 Å². The van der Waals surface area contributed by atoms with Gasteiger partial charge in [-0.15, -0.1) is 6.58 Å². The number of non-ortho nitro benzene ring substituents is 1. The van der Waals surface area contributed by atoms with Gasteiger partial charge >= 0.3 is 0 Å². The molecule has 0 aliphatic carbocycles. The number of thiazole rings is 1. The van der Waals surface area contributed by atoms with Gasteiger partial charge in [-0.3, -0.25) is 19.6 Å². The molecule has 12 heteroatoms. The van der Waals surface area contributed by atoms with Crippen LogP contribution in [0.2, 0.25) is 0 Å². The second-order valence-corrected chi connectivity index (χ2v) is 10.2. The summed E-state index contributed by atoms with van der Waals surface area (Å²) in [4.78, 5) is 28.2. The maximum atomic E-state index is 13.0. The Balaban J connectivity index is 1.67. The van der Waals surface area contributed by atoms with E-state index in [-0.39, 0.29) is 21.8 Å². The van der Waals surface area contributed by atoms with Crippen LogP contribution >= 0.6 is 11.3 Å². The fourth-order valence-electron chi connectivity index (χ4n) is 3.40. The number of fused-ring (bicyclic) bond motifs is 1. The van der Waals surface area contributed by atoms with Crippen molar-refractivity contribution in [3.8, 4) is 5.75 Å². The molecular formula is C24H20N4O6S2. The first kappa shape index (κ1) is 24.8. The highest BCUT2D eigenvalue weighted by Gasteiger charge is 2.16. The molecule has 0 spiro atoms. The van der Waals surface area contributed by atoms with Crippen molar-refractivity contribution in [3.05, 3.63) is 99.9 Å². The molecule has 1 aromatic heterocycles. The van der Waals surface area contributed by atoms with Crippen molar-refractivity contribution in [3.63, 3.8) is 0 Å². The molecule has 0 saturated carbocycles. The van der Waals surface area contributed by atoms with Crippen LogP contribution in [-0.2, 0) is 16.6 Å². The number of carbonyl (C=O) groups is 1. The van der Waals surface area contributed by atoms with Crippen LogP contribution < -0.4 is 14.3 Å². The molecule has 0 saturated heterocycles. The van der Waals surface area contributed by atoms with Crippen LogP contribution in [0.5, 0.6) is 5.75 Å². The zero-order chi connectivity index (χ0) is 25.9. The monoisotopic (exact) mass is 524 g/mol. The first-order chi connectivity index (χ1) is 17.2. The molecule has 10 nitrogen and oxygen atoms in total. The molecule has 0 aliphatic rings. The molecule has 0 aliphatic heterocycles. The first-order valence-corrected chi connectivity index (χ1v) is 12.8. The number of rotatable bonds is 8. The lowest BCUT2D eigenvalue weighted by molar-refractivity contribution is -0.384. The van der Waals surface area contributed by atoms with Gasteiger partial charge < -0.3 is 9.30 Å². The van der Waals surface area contributed by atoms with E-state index in [0.29, 0.717) is 27.3 Å². The largest absolute Gasteiger partial charge is 0.497 e. The average Bonchev–Trinajstić information content (AvgIpc) is 3.20. The number of anilines is 1. The number of carbonyl (C=O) groups excluding carboxylic acids is 1. The minimum atomic E-state index is -3.90. The molecule has 184 valence electrons. The quantitative estimate of drug-likeness (QED) is 0.207. The maximum absolute atomic E-state index is 13.0. The second kappa shape index (κ2) is 10.1. The number of methoxy groups -OCH3 is 1. The molecule has 0 radical (unpaired) electrons. The number of hydrogen-bond acceptors (Lipinski definition) is 7. The highest BCUT2D eigenvalue weighted by atomic mass is 32.2. The number of nitrogens with one attached hydrogen (secondary N) is 1. The van der Waals surface area contributed by atoms with Crippen molar-refractivity contribution in [1.29, 1.82) is 0 Å². The number of benzene rings is 3. The Morgan fingerprint density at radius 1 is 1.19 bits per heavy atom. The highest BCUT2D eigenvalue weighted by Crippen LogP contribution is 2.24. The third-order valence-corrected chi connectivity index (χ3v) is 7.56. The number of ether oxygens (including phenoxy) is 1. The number of hydrogen-bond donors (Lipinski definition) is 1. The molecule has 0 unspecified atom stereocenters. The van der Waals surface area contributed by atoms with Gasteiger partial charge in [0, 0.05) is 29.9 Å². The van der Waals surface area contributed by atoms with E-state index in [1.165, 1.54) is 61.7 Å². The summed E-state index contributed by atoms with van der Waals surface area (Å²) in [5, 5.41) is 11.1. The molecular weight excluding hydrogens is 504 g/mol. The van der Waals surface area contributed by atoms with Crippen LogP contribution in [0.3, 0.4) is 0 Å². The van der Waals surface area contributed by atoms with Crippen LogP contribution in [-0.4, -0.2) is 30.9 Å². The standard InChI is InChI=1S/C24H20N4O6S2/c1-3-13-27-21-12-7-18(28(30)31)15-22(21)35-24(27)25-23(29)16-5-4-6-17(14-16)26-36(32,33)20-10-8-19(34-2)9-11-20/h3-12,14-15,26H,1,13H2,2H3. The Hall–Kier alpha value is -4.29. The Bertz CT molecular complexity index is 1650. The van der Waals surface area contributed by atoms with Gasteiger partial charge in [0.2, 0.25) is 0 Å². The smallest absolute Gasteiger partial charge is 0.279 e. The second-order valence-electron chi connectivity index (χ2n) is 7.47. The average molecular weight is 525 g/mol. The molecule has 36 heavy (non-hydrogen) atoms. The summed E-state index contributed by atoms with van der Waals surface area (Å²) in [7, 11) is -2.41. The molecule has 1 amide bonds. The lowest BCUT2D eigenvalue weighted by Gasteiger charge is -2.09. The fourth-order valence-corrected chi connectivity index (χ4v) is 5.52. The lowest BCUT2D eigenvalue weighted by atomic mass is 10.2. The van der Waals surface area contributed by atoms with Gasteiger partial charge in [0.15, 0.2) is 4.80 Å². The molecule has 4 rings (SSSR count). The van der Waals surface area contributed by atoms with E-state index in [4.69, 9.17) is 4.74 Å². The van der Waals surface area contributed by atoms with E-state index >= 15 is 0 Å². The molecule has 3 aromatic carbocycles. The van der Waals surface area contributed by atoms with Crippen molar-refractivity contribution in [2.75, 3.05) is 11.8 Å². The Morgan fingerprint density at radius 3 is 2.61 bits per heavy atom. The van der Waals surface area contributed by atoms with Crippen molar-refractivity contribution in [2.45, 2.75) is 11.4 Å². The van der Waals surface area contributed by atoms with Crippen molar-refractivity contribution in [1.82, 2.24) is 4.57 Å². The number of aromatic nitrogens is 1. The maximum Gasteiger partial charge on any atom is 0.279 e. The van der Waals surface area contributed by atoms with Crippen molar-refractivity contribution < 1.29 is 22.9 Å². The van der Waals surface area contributed by atoms with E-state index in [2.05, 4.69) is 16.3 Å². The Morgan fingerprint density at radius 2 is 1.94 bits per heavy atom. The van der Waals surface area contributed by atoms with Gasteiger partial charge in [-0.05, 0) is 48.5 Å². The minimum absolute atomic E-state index is 0.0366. The van der Waals surface area contributed by atoms with E-state index in [9.17, 15) is 23.3 Å². The summed E-state index contributed by atoms with van der Waals surface area (Å²) in [6.07, 6.45) is 1.63. The van der Waals surface area contributed by atoms with Crippen LogP contribution in [0, 0.1) is 10.1 Å². The summed E-state index contributed by atoms with van der Waals surface area (Å²) >= 11 is 1.13. The summed E-state index contributed by atoms with van der Waals surface area (Å²) in [5.74, 6) is -0.0768. The third-order valence-electron chi connectivity index (χ3n) is 5.12. The molecule has 0 fully saturated rings. The number of nitrogens with zero attached hydrogens (tertiary/aromatic N) is 3. The number of sulfonamides is 1. The zero-order valence-corrected chi connectivity index (χ0v) is 20.6. The third kappa shape index (κ3) is 5.19. The normalized spacial score (nSPS) is 11.9. The van der Waals surface area contributed by atoms with Gasteiger partial charge in [0.1, 0.15) is 5.75 Å². The van der Waals surface area contributed by atoms with Crippen molar-refractivity contribution >= 4 is 48.9 Å². The molecule has 0 atom stereocenters. The van der Waals surface area contributed by atoms with E-state index in [0.717, 1.165) is 11.3 Å². The number of nitro benzene ring substituents is 1. The number of allylic oxidation sites excluding steroid dienone is 1. The molecule has 1 heterocycles. The topological polar surface area (TPSA) is 133 Å². The zero-order valence-electron chi connectivity index (χ0n) is 19.0. The molecule has 4 aromatic rings. The molecule has 0 bridgehead atoms. The van der Waals surface area contributed by atoms with E-state index < -0.39 is 20.9 Å². The van der Waals surface area contributed by atoms with E-state index in [1.54, 1.807) is 22.8 Å². The summed E-state index contributed by atoms with van der Waals surface area (Å²) in [6, 6.07) is 16.3. The number of nitro groups is 1. The Labute approximate surface area is 210 Å². The van der Waals surface area contributed by atoms with Gasteiger partial charge in [-0.2, -0.15) is 4.99 Å². The van der Waals surface area contributed by atoms with Crippen LogP contribution in [0.4, 0.5) is 11.4 Å². The predicted molar refractivity (Wildman–Crippen MR) is 137 cm³/mol. The van der Waals surface area contributed by atoms with Crippen LogP contribution in [0.1, 0.15) is 10.4 Å². The van der Waals surface area contributed by atoms with Gasteiger partial charge in [0.05, 0.1) is 27.1 Å². The van der Waals surface area contributed by atoms with Gasteiger partial charge in [-0.25, -0.2) is 8.42 Å². The molecule has 1 N–H and O–H groups in total. The van der Waals surface area contributed by atoms with E-state index in [1.807, 2.05) is 0 Å². The minimum Gasteiger partial charge on any atom is -0.497 e. The Kier molecular flexibility index (Phi) is 6.99. The van der Waals surface area contributed by atoms with Crippen molar-refractivity contribution in [2.24, 2.45) is 4.99 Å².